The number of anilines is 1. The molecule has 1 aliphatic rings. The van der Waals surface area contributed by atoms with E-state index in [1.54, 1.807) is 18.2 Å². The van der Waals surface area contributed by atoms with E-state index in [1.165, 1.54) is 43.2 Å². The highest BCUT2D eigenvalue weighted by Crippen LogP contribution is 2.36. The predicted molar refractivity (Wildman–Crippen MR) is 128 cm³/mol. The van der Waals surface area contributed by atoms with Crippen LogP contribution >= 0.6 is 34.5 Å². The minimum absolute atomic E-state index is 0.0584. The molecule has 1 saturated carbocycles. The fraction of sp³-hybridized carbons (Fsp3) is 0.333. The standard InChI is InChI=1S/C11H12ClN5O3S2.C10H11F/c1-17(11(19)20)5-8-14-10(22-16-8)15-9(18)13-4-6-2-3-7(12)21-6;11-10-6-4-9(5-7-10)8-2-1-3-8/h2-3H,4-5H2,1H3,(H,19,20)(H2,13,14,15,16,18);4-8H,1-3H2. The molecule has 0 atom stereocenters. The lowest BCUT2D eigenvalue weighted by molar-refractivity contribution is 0.153. The van der Waals surface area contributed by atoms with E-state index < -0.39 is 12.1 Å². The zero-order chi connectivity index (χ0) is 23.8. The van der Waals surface area contributed by atoms with Crippen molar-refractivity contribution in [3.05, 3.63) is 62.8 Å². The number of carboxylic acid groups (broad SMARTS) is 1. The number of carbonyl (C=O) groups excluding carboxylic acids is 1. The fourth-order valence-electron chi connectivity index (χ4n) is 2.88. The molecule has 4 rings (SSSR count). The molecule has 8 nitrogen and oxygen atoms in total. The Kier molecular flexibility index (Phi) is 8.98. The third kappa shape index (κ3) is 7.95. The second-order valence-corrected chi connectivity index (χ2v) is 9.90. The highest BCUT2D eigenvalue weighted by Gasteiger charge is 2.18. The molecule has 1 aliphatic carbocycles. The van der Waals surface area contributed by atoms with Crippen LogP contribution in [0.1, 0.15) is 41.4 Å². The minimum atomic E-state index is -1.07. The lowest BCUT2D eigenvalue weighted by atomic mass is 9.80. The van der Waals surface area contributed by atoms with Crippen molar-refractivity contribution in [2.24, 2.45) is 0 Å². The van der Waals surface area contributed by atoms with Crippen molar-refractivity contribution in [1.29, 1.82) is 0 Å². The number of nitrogens with zero attached hydrogens (tertiary/aromatic N) is 3. The Morgan fingerprint density at radius 1 is 1.24 bits per heavy atom. The summed E-state index contributed by atoms with van der Waals surface area (Å²) in [6.07, 6.45) is 2.83. The number of aromatic nitrogens is 2. The van der Waals surface area contributed by atoms with Crippen molar-refractivity contribution >= 4 is 51.7 Å². The van der Waals surface area contributed by atoms with Crippen LogP contribution in [-0.4, -0.2) is 38.5 Å². The summed E-state index contributed by atoms with van der Waals surface area (Å²) in [6, 6.07) is 10.1. The molecule has 0 spiro atoms. The van der Waals surface area contributed by atoms with Crippen LogP contribution in [0.5, 0.6) is 0 Å². The topological polar surface area (TPSA) is 107 Å². The maximum absolute atomic E-state index is 12.5. The third-order valence-electron chi connectivity index (χ3n) is 4.89. The smallest absolute Gasteiger partial charge is 0.407 e. The van der Waals surface area contributed by atoms with Gasteiger partial charge in [0.1, 0.15) is 5.82 Å². The fourth-order valence-corrected chi connectivity index (χ4v) is 4.48. The molecule has 3 N–H and O–H groups in total. The van der Waals surface area contributed by atoms with Gasteiger partial charge in [-0.3, -0.25) is 5.32 Å². The molecule has 0 bridgehead atoms. The van der Waals surface area contributed by atoms with Crippen LogP contribution in [-0.2, 0) is 13.1 Å². The summed E-state index contributed by atoms with van der Waals surface area (Å²) in [4.78, 5) is 28.4. The Hall–Kier alpha value is -2.76. The molecule has 176 valence electrons. The van der Waals surface area contributed by atoms with Gasteiger partial charge in [0.25, 0.3) is 0 Å². The number of thiophene rings is 1. The molecule has 1 fully saturated rings. The second-order valence-electron chi connectivity index (χ2n) is 7.35. The highest BCUT2D eigenvalue weighted by atomic mass is 35.5. The molecule has 3 amide bonds. The molecule has 0 saturated heterocycles. The molecule has 0 aliphatic heterocycles. The van der Waals surface area contributed by atoms with Gasteiger partial charge in [0.2, 0.25) is 5.13 Å². The summed E-state index contributed by atoms with van der Waals surface area (Å²) in [7, 11) is 1.41. The molecule has 2 heterocycles. The van der Waals surface area contributed by atoms with Gasteiger partial charge in [0.15, 0.2) is 5.82 Å². The second kappa shape index (κ2) is 11.9. The van der Waals surface area contributed by atoms with Gasteiger partial charge >= 0.3 is 12.1 Å². The average Bonchev–Trinajstić information content (AvgIpc) is 3.35. The van der Waals surface area contributed by atoms with E-state index in [4.69, 9.17) is 16.7 Å². The van der Waals surface area contributed by atoms with Crippen molar-refractivity contribution in [3.8, 4) is 0 Å². The number of amides is 3. The minimum Gasteiger partial charge on any atom is -0.465 e. The molecule has 33 heavy (non-hydrogen) atoms. The van der Waals surface area contributed by atoms with E-state index in [1.807, 2.05) is 18.2 Å². The van der Waals surface area contributed by atoms with Gasteiger partial charge in [-0.15, -0.1) is 11.3 Å². The third-order valence-corrected chi connectivity index (χ3v) is 6.79. The average molecular weight is 512 g/mol. The molecule has 12 heteroatoms. The summed E-state index contributed by atoms with van der Waals surface area (Å²) >= 11 is 8.17. The predicted octanol–water partition coefficient (Wildman–Crippen LogP) is 5.78. The highest BCUT2D eigenvalue weighted by molar-refractivity contribution is 7.16. The molecule has 1 aromatic carbocycles. The maximum Gasteiger partial charge on any atom is 0.407 e. The van der Waals surface area contributed by atoms with Gasteiger partial charge < -0.3 is 15.3 Å². The van der Waals surface area contributed by atoms with Gasteiger partial charge in [0, 0.05) is 23.5 Å². The number of carbonyl (C=O) groups is 2. The first kappa shape index (κ1) is 24.9. The lowest BCUT2D eigenvalue weighted by Crippen LogP contribution is -2.28. The monoisotopic (exact) mass is 511 g/mol. The first-order valence-corrected chi connectivity index (χ1v) is 12.1. The van der Waals surface area contributed by atoms with E-state index in [9.17, 15) is 14.0 Å². The van der Waals surface area contributed by atoms with Gasteiger partial charge in [-0.05, 0) is 48.6 Å². The number of rotatable bonds is 6. The maximum atomic E-state index is 12.5. The number of halogens is 2. The first-order chi connectivity index (χ1) is 15.8. The van der Waals surface area contributed by atoms with Crippen LogP contribution in [0.2, 0.25) is 4.34 Å². The summed E-state index contributed by atoms with van der Waals surface area (Å²) in [5.41, 5.74) is 1.30. The van der Waals surface area contributed by atoms with E-state index >= 15 is 0 Å². The lowest BCUT2D eigenvalue weighted by Gasteiger charge is -2.25. The molecule has 0 unspecified atom stereocenters. The zero-order valence-corrected chi connectivity index (χ0v) is 20.1. The summed E-state index contributed by atoms with van der Waals surface area (Å²) in [5, 5.41) is 14.3. The van der Waals surface area contributed by atoms with E-state index in [0.717, 1.165) is 27.2 Å². The number of nitrogens with one attached hydrogen (secondary N) is 2. The molecular formula is C21H23ClFN5O3S2. The Morgan fingerprint density at radius 3 is 2.55 bits per heavy atom. The summed E-state index contributed by atoms with van der Waals surface area (Å²) in [6.45, 7) is 0.416. The number of hydrogen-bond acceptors (Lipinski definition) is 6. The Labute approximate surface area is 203 Å². The van der Waals surface area contributed by atoms with Crippen LogP contribution in [0, 0.1) is 5.82 Å². The molecule has 0 radical (unpaired) electrons. The van der Waals surface area contributed by atoms with Crippen molar-refractivity contribution in [1.82, 2.24) is 19.6 Å². The van der Waals surface area contributed by atoms with Crippen LogP contribution in [0.4, 0.5) is 19.1 Å². The SMILES string of the molecule is CN(Cc1nsc(NC(=O)NCc2ccc(Cl)s2)n1)C(=O)O.Fc1ccc(C2CCC2)cc1. The van der Waals surface area contributed by atoms with E-state index in [-0.39, 0.29) is 12.4 Å². The van der Waals surface area contributed by atoms with Gasteiger partial charge in [-0.1, -0.05) is 30.2 Å². The van der Waals surface area contributed by atoms with E-state index in [0.29, 0.717) is 21.8 Å². The van der Waals surface area contributed by atoms with Crippen LogP contribution < -0.4 is 10.6 Å². The van der Waals surface area contributed by atoms with Gasteiger partial charge in [-0.25, -0.2) is 19.0 Å². The quantitative estimate of drug-likeness (QED) is 0.389. The van der Waals surface area contributed by atoms with Crippen molar-refractivity contribution in [3.63, 3.8) is 0 Å². The van der Waals surface area contributed by atoms with Gasteiger partial charge in [0.05, 0.1) is 17.4 Å². The Morgan fingerprint density at radius 2 is 1.97 bits per heavy atom. The van der Waals surface area contributed by atoms with Crippen LogP contribution in [0.25, 0.3) is 0 Å². The normalized spacial score (nSPS) is 12.8. The Balaban J connectivity index is 0.000000231. The van der Waals surface area contributed by atoms with Crippen LogP contribution in [0.15, 0.2) is 36.4 Å². The zero-order valence-electron chi connectivity index (χ0n) is 17.8. The van der Waals surface area contributed by atoms with Crippen molar-refractivity contribution in [2.75, 3.05) is 12.4 Å². The van der Waals surface area contributed by atoms with E-state index in [2.05, 4.69) is 20.0 Å². The molecule has 2 aromatic heterocycles. The number of urea groups is 1. The summed E-state index contributed by atoms with van der Waals surface area (Å²) in [5.74, 6) is 0.916. The van der Waals surface area contributed by atoms with Crippen LogP contribution in [0.3, 0.4) is 0 Å². The van der Waals surface area contributed by atoms with Gasteiger partial charge in [-0.2, -0.15) is 4.37 Å². The summed E-state index contributed by atoms with van der Waals surface area (Å²) < 4.78 is 17.1. The Bertz CT molecular complexity index is 1070. The first-order valence-electron chi connectivity index (χ1n) is 10.1. The van der Waals surface area contributed by atoms with Crippen molar-refractivity contribution in [2.45, 2.75) is 38.3 Å². The largest absolute Gasteiger partial charge is 0.465 e. The molecular weight excluding hydrogens is 489 g/mol. The molecule has 3 aromatic rings. The van der Waals surface area contributed by atoms with Crippen molar-refractivity contribution < 1.29 is 19.1 Å². The number of benzene rings is 1. The number of hydrogen-bond donors (Lipinski definition) is 3.